The van der Waals surface area contributed by atoms with E-state index in [-0.39, 0.29) is 11.8 Å². The van der Waals surface area contributed by atoms with Crippen molar-refractivity contribution in [2.24, 2.45) is 11.8 Å². The number of carbonyl (C=O) groups is 2. The Bertz CT molecular complexity index is 805. The van der Waals surface area contributed by atoms with E-state index >= 15 is 0 Å². The van der Waals surface area contributed by atoms with Gasteiger partial charge in [0.2, 0.25) is 5.91 Å². The van der Waals surface area contributed by atoms with E-state index in [9.17, 15) is 14.7 Å². The minimum absolute atomic E-state index is 0.0583. The number of benzene rings is 1. The molecule has 0 aromatic heterocycles. The highest BCUT2D eigenvalue weighted by Gasteiger charge is 2.45. The summed E-state index contributed by atoms with van der Waals surface area (Å²) in [6, 6.07) is 7.66. The summed E-state index contributed by atoms with van der Waals surface area (Å²) in [6.07, 6.45) is 8.43. The molecule has 2 N–H and O–H groups in total. The van der Waals surface area contributed by atoms with Gasteiger partial charge in [0.15, 0.2) is 0 Å². The van der Waals surface area contributed by atoms with Crippen molar-refractivity contribution in [2.45, 2.75) is 39.2 Å². The maximum Gasteiger partial charge on any atom is 0.330 e. The number of fused-ring (bicyclic) bond motifs is 1. The van der Waals surface area contributed by atoms with Gasteiger partial charge in [-0.2, -0.15) is 0 Å². The van der Waals surface area contributed by atoms with Gasteiger partial charge in [0.25, 0.3) is 0 Å². The summed E-state index contributed by atoms with van der Waals surface area (Å²) in [6.45, 7) is 6.18. The van der Waals surface area contributed by atoms with E-state index in [1.54, 1.807) is 6.08 Å². The lowest BCUT2D eigenvalue weighted by molar-refractivity contribution is -0.146. The van der Waals surface area contributed by atoms with E-state index in [1.807, 2.05) is 43.3 Å². The molecule has 1 amide bonds. The summed E-state index contributed by atoms with van der Waals surface area (Å²) in [7, 11) is 0. The topological polar surface area (TPSA) is 66.4 Å². The zero-order chi connectivity index (χ0) is 18.9. The van der Waals surface area contributed by atoms with Crippen LogP contribution in [0.2, 0.25) is 0 Å². The fourth-order valence-corrected chi connectivity index (χ4v) is 3.79. The van der Waals surface area contributed by atoms with Crippen LogP contribution in [0.3, 0.4) is 0 Å². The van der Waals surface area contributed by atoms with Gasteiger partial charge in [-0.15, -0.1) is 0 Å². The summed E-state index contributed by atoms with van der Waals surface area (Å²) in [5.41, 5.74) is 2.40. The van der Waals surface area contributed by atoms with Gasteiger partial charge in [-0.3, -0.25) is 4.79 Å². The summed E-state index contributed by atoms with van der Waals surface area (Å²) in [5.74, 6) is -0.961. The van der Waals surface area contributed by atoms with Gasteiger partial charge < -0.3 is 10.4 Å². The zero-order valence-electron chi connectivity index (χ0n) is 15.5. The third kappa shape index (κ3) is 3.36. The number of allylic oxidation sites excluding steroid dienone is 5. The maximum absolute atomic E-state index is 13.0. The number of rotatable bonds is 4. The SMILES string of the molecule is CC(C)C=C1C=CC=C(C(=O)NC2(C(=O)O)Cc3ccccc3C2)C1C. The molecule has 1 unspecified atom stereocenters. The molecule has 2 aliphatic rings. The molecule has 4 nitrogen and oxygen atoms in total. The molecule has 0 heterocycles. The van der Waals surface area contributed by atoms with Gasteiger partial charge in [-0.1, -0.05) is 69.3 Å². The van der Waals surface area contributed by atoms with Gasteiger partial charge in [0.1, 0.15) is 5.54 Å². The standard InChI is InChI=1S/C22H25NO3/c1-14(2)11-16-9-6-10-19(15(16)3)20(24)23-22(21(25)26)12-17-7-4-5-8-18(17)13-22/h4-11,14-15H,12-13H2,1-3H3,(H,23,24)(H,25,26). The second kappa shape index (κ2) is 6.94. The van der Waals surface area contributed by atoms with Crippen molar-refractivity contribution < 1.29 is 14.7 Å². The molecule has 136 valence electrons. The molecule has 0 aliphatic heterocycles. The van der Waals surface area contributed by atoms with Crippen LogP contribution >= 0.6 is 0 Å². The Balaban J connectivity index is 1.84. The molecule has 0 bridgehead atoms. The number of aliphatic carboxylic acids is 1. The number of hydrogen-bond acceptors (Lipinski definition) is 2. The highest BCUT2D eigenvalue weighted by Crippen LogP contribution is 2.32. The molecule has 3 rings (SSSR count). The molecule has 4 heteroatoms. The molecule has 1 aromatic rings. The van der Waals surface area contributed by atoms with Crippen LogP contribution in [0.15, 0.2) is 59.7 Å². The Hall–Kier alpha value is -2.62. The van der Waals surface area contributed by atoms with Crippen molar-refractivity contribution in [3.05, 3.63) is 70.8 Å². The van der Waals surface area contributed by atoms with Crippen LogP contribution in [0.4, 0.5) is 0 Å². The van der Waals surface area contributed by atoms with E-state index in [1.165, 1.54) is 0 Å². The van der Waals surface area contributed by atoms with E-state index in [0.29, 0.717) is 24.3 Å². The Morgan fingerprint density at radius 2 is 1.85 bits per heavy atom. The molecule has 0 saturated heterocycles. The first-order valence-electron chi connectivity index (χ1n) is 9.05. The van der Waals surface area contributed by atoms with Crippen LogP contribution < -0.4 is 5.32 Å². The van der Waals surface area contributed by atoms with Crippen molar-refractivity contribution in [3.8, 4) is 0 Å². The molecule has 0 spiro atoms. The van der Waals surface area contributed by atoms with Gasteiger partial charge in [-0.25, -0.2) is 4.79 Å². The average molecular weight is 351 g/mol. The first kappa shape index (κ1) is 18.2. The smallest absolute Gasteiger partial charge is 0.330 e. The second-order valence-corrected chi connectivity index (χ2v) is 7.58. The molecule has 2 aliphatic carbocycles. The molecular formula is C22H25NO3. The minimum Gasteiger partial charge on any atom is -0.479 e. The van der Waals surface area contributed by atoms with Crippen LogP contribution in [0.25, 0.3) is 0 Å². The van der Waals surface area contributed by atoms with Crippen molar-refractivity contribution in [3.63, 3.8) is 0 Å². The predicted molar refractivity (Wildman–Crippen MR) is 102 cm³/mol. The highest BCUT2D eigenvalue weighted by molar-refractivity contribution is 5.99. The van der Waals surface area contributed by atoms with Crippen molar-refractivity contribution in [2.75, 3.05) is 0 Å². The van der Waals surface area contributed by atoms with Gasteiger partial charge in [-0.05, 0) is 22.6 Å². The predicted octanol–water partition coefficient (Wildman–Crippen LogP) is 3.44. The Morgan fingerprint density at radius 3 is 2.38 bits per heavy atom. The number of amides is 1. The summed E-state index contributed by atoms with van der Waals surface area (Å²) in [5, 5.41) is 12.7. The van der Waals surface area contributed by atoms with Crippen molar-refractivity contribution in [1.82, 2.24) is 5.32 Å². The van der Waals surface area contributed by atoms with Crippen molar-refractivity contribution >= 4 is 11.9 Å². The molecule has 1 aromatic carbocycles. The highest BCUT2D eigenvalue weighted by atomic mass is 16.4. The molecule has 1 atom stereocenters. The fourth-order valence-electron chi connectivity index (χ4n) is 3.79. The first-order chi connectivity index (χ1) is 12.3. The van der Waals surface area contributed by atoms with Crippen LogP contribution in [0.5, 0.6) is 0 Å². The van der Waals surface area contributed by atoms with Gasteiger partial charge in [0, 0.05) is 24.3 Å². The lowest BCUT2D eigenvalue weighted by atomic mass is 9.85. The van der Waals surface area contributed by atoms with E-state index in [0.717, 1.165) is 16.7 Å². The largest absolute Gasteiger partial charge is 0.479 e. The fraction of sp³-hybridized carbons (Fsp3) is 0.364. The van der Waals surface area contributed by atoms with E-state index < -0.39 is 11.5 Å². The average Bonchev–Trinajstić information content (AvgIpc) is 2.95. The van der Waals surface area contributed by atoms with Crippen LogP contribution in [0.1, 0.15) is 31.9 Å². The normalized spacial score (nSPS) is 22.2. The Kier molecular flexibility index (Phi) is 4.86. The third-order valence-electron chi connectivity index (χ3n) is 5.18. The number of carboxylic acid groups (broad SMARTS) is 1. The Labute approximate surface area is 154 Å². The minimum atomic E-state index is -1.27. The monoisotopic (exact) mass is 351 g/mol. The van der Waals surface area contributed by atoms with Crippen LogP contribution in [-0.4, -0.2) is 22.5 Å². The van der Waals surface area contributed by atoms with Gasteiger partial charge >= 0.3 is 5.97 Å². The summed E-state index contributed by atoms with van der Waals surface area (Å²) in [4.78, 5) is 25.0. The first-order valence-corrected chi connectivity index (χ1v) is 9.05. The summed E-state index contributed by atoms with van der Waals surface area (Å²) < 4.78 is 0. The second-order valence-electron chi connectivity index (χ2n) is 7.58. The quantitative estimate of drug-likeness (QED) is 0.873. The molecule has 0 fully saturated rings. The Morgan fingerprint density at radius 1 is 1.23 bits per heavy atom. The molecule has 0 radical (unpaired) electrons. The van der Waals surface area contributed by atoms with E-state index in [2.05, 4.69) is 25.2 Å². The van der Waals surface area contributed by atoms with Crippen LogP contribution in [-0.2, 0) is 22.4 Å². The number of carboxylic acids is 1. The summed E-state index contributed by atoms with van der Waals surface area (Å²) >= 11 is 0. The molecule has 26 heavy (non-hydrogen) atoms. The van der Waals surface area contributed by atoms with E-state index in [4.69, 9.17) is 0 Å². The third-order valence-corrected chi connectivity index (χ3v) is 5.18. The molecular weight excluding hydrogens is 326 g/mol. The van der Waals surface area contributed by atoms with Gasteiger partial charge in [0.05, 0.1) is 0 Å². The number of nitrogens with one attached hydrogen (secondary N) is 1. The maximum atomic E-state index is 13.0. The lowest BCUT2D eigenvalue weighted by Gasteiger charge is -2.28. The lowest BCUT2D eigenvalue weighted by Crippen LogP contribution is -2.56. The number of hydrogen-bond donors (Lipinski definition) is 2. The molecule has 0 saturated carbocycles. The zero-order valence-corrected chi connectivity index (χ0v) is 15.5. The van der Waals surface area contributed by atoms with Crippen molar-refractivity contribution in [1.29, 1.82) is 0 Å². The number of carbonyl (C=O) groups excluding carboxylic acids is 1. The van der Waals surface area contributed by atoms with Crippen LogP contribution in [0, 0.1) is 11.8 Å².